The fourth-order valence-electron chi connectivity index (χ4n) is 0.978. The monoisotopic (exact) mass is 230 g/mol. The Kier molecular flexibility index (Phi) is 5.49. The average Bonchev–Trinajstić information content (AvgIpc) is 2.14. The lowest BCUT2D eigenvalue weighted by Gasteiger charge is -2.17. The zero-order valence-electron chi connectivity index (χ0n) is 9.79. The van der Waals surface area contributed by atoms with Gasteiger partial charge >= 0.3 is 5.97 Å². The van der Waals surface area contributed by atoms with Crippen molar-refractivity contribution in [1.29, 1.82) is 0 Å². The van der Waals surface area contributed by atoms with E-state index in [-0.39, 0.29) is 18.9 Å². The number of carboxylic acid groups (broad SMARTS) is 1. The molecule has 0 saturated heterocycles. The molecular formula is C10H18N2O4. The first kappa shape index (κ1) is 14.4. The highest BCUT2D eigenvalue weighted by Crippen LogP contribution is 2.19. The van der Waals surface area contributed by atoms with Crippen LogP contribution in [-0.2, 0) is 14.4 Å². The van der Waals surface area contributed by atoms with Crippen LogP contribution >= 0.6 is 0 Å². The third kappa shape index (κ3) is 5.33. The molecule has 0 heterocycles. The van der Waals surface area contributed by atoms with Crippen molar-refractivity contribution in [3.63, 3.8) is 0 Å². The van der Waals surface area contributed by atoms with Crippen LogP contribution in [0.3, 0.4) is 0 Å². The van der Waals surface area contributed by atoms with Gasteiger partial charge in [-0.05, 0) is 20.8 Å². The number of carbonyl (C=O) groups excluding carboxylic acids is 2. The van der Waals surface area contributed by atoms with Crippen molar-refractivity contribution in [1.82, 2.24) is 10.6 Å². The summed E-state index contributed by atoms with van der Waals surface area (Å²) in [4.78, 5) is 33.1. The van der Waals surface area contributed by atoms with E-state index >= 15 is 0 Å². The smallest absolute Gasteiger partial charge is 0.309 e. The van der Waals surface area contributed by atoms with Crippen molar-refractivity contribution < 1.29 is 19.5 Å². The summed E-state index contributed by atoms with van der Waals surface area (Å²) in [6, 6.07) is 0. The Bertz CT molecular complexity index is 287. The highest BCUT2D eigenvalue weighted by atomic mass is 16.4. The maximum absolute atomic E-state index is 11.3. The lowest BCUT2D eigenvalue weighted by Crippen LogP contribution is -2.39. The quantitative estimate of drug-likeness (QED) is 0.585. The van der Waals surface area contributed by atoms with E-state index in [0.29, 0.717) is 6.54 Å². The van der Waals surface area contributed by atoms with Crippen LogP contribution in [-0.4, -0.2) is 36.0 Å². The molecule has 92 valence electrons. The van der Waals surface area contributed by atoms with Crippen LogP contribution in [0.2, 0.25) is 0 Å². The predicted molar refractivity (Wildman–Crippen MR) is 57.7 cm³/mol. The number of hydrogen-bond acceptors (Lipinski definition) is 3. The van der Waals surface area contributed by atoms with Gasteiger partial charge in [-0.25, -0.2) is 0 Å². The first-order chi connectivity index (χ1) is 7.29. The van der Waals surface area contributed by atoms with Crippen LogP contribution in [0.1, 0.15) is 27.2 Å². The molecule has 2 amide bonds. The van der Waals surface area contributed by atoms with E-state index < -0.39 is 17.3 Å². The Hall–Kier alpha value is -1.59. The lowest BCUT2D eigenvalue weighted by molar-refractivity contribution is -0.149. The second-order valence-corrected chi connectivity index (χ2v) is 4.10. The third-order valence-corrected chi connectivity index (χ3v) is 2.00. The van der Waals surface area contributed by atoms with Crippen molar-refractivity contribution in [3.8, 4) is 0 Å². The van der Waals surface area contributed by atoms with E-state index in [1.807, 2.05) is 0 Å². The zero-order chi connectivity index (χ0) is 12.8. The largest absolute Gasteiger partial charge is 0.481 e. The van der Waals surface area contributed by atoms with E-state index in [4.69, 9.17) is 5.11 Å². The predicted octanol–water partition coefficient (Wildman–Crippen LogP) is -0.260. The summed E-state index contributed by atoms with van der Waals surface area (Å²) >= 11 is 0. The molecule has 0 saturated carbocycles. The van der Waals surface area contributed by atoms with Gasteiger partial charge < -0.3 is 15.7 Å². The van der Waals surface area contributed by atoms with Crippen molar-refractivity contribution in [2.24, 2.45) is 5.41 Å². The molecule has 0 aromatic rings. The summed E-state index contributed by atoms with van der Waals surface area (Å²) in [5.41, 5.74) is -1.12. The van der Waals surface area contributed by atoms with Gasteiger partial charge in [-0.15, -0.1) is 0 Å². The summed E-state index contributed by atoms with van der Waals surface area (Å²) in [7, 11) is 0. The second-order valence-electron chi connectivity index (χ2n) is 4.10. The lowest BCUT2D eigenvalue weighted by atomic mass is 9.89. The highest BCUT2D eigenvalue weighted by Gasteiger charge is 2.30. The number of nitrogens with one attached hydrogen (secondary N) is 2. The van der Waals surface area contributed by atoms with E-state index in [2.05, 4.69) is 10.6 Å². The van der Waals surface area contributed by atoms with Crippen LogP contribution in [0, 0.1) is 5.41 Å². The molecule has 3 N–H and O–H groups in total. The Morgan fingerprint density at radius 1 is 1.12 bits per heavy atom. The molecule has 6 nitrogen and oxygen atoms in total. The van der Waals surface area contributed by atoms with Crippen LogP contribution < -0.4 is 10.6 Å². The van der Waals surface area contributed by atoms with Gasteiger partial charge in [0.15, 0.2) is 0 Å². The molecule has 0 radical (unpaired) electrons. The van der Waals surface area contributed by atoms with Gasteiger partial charge in [0.1, 0.15) is 0 Å². The van der Waals surface area contributed by atoms with Crippen LogP contribution in [0.5, 0.6) is 0 Å². The first-order valence-corrected chi connectivity index (χ1v) is 5.06. The molecule has 0 aliphatic carbocycles. The normalized spacial score (nSPS) is 10.7. The molecule has 0 aliphatic rings. The summed E-state index contributed by atoms with van der Waals surface area (Å²) in [6.45, 7) is 5.06. The maximum Gasteiger partial charge on any atom is 0.309 e. The maximum atomic E-state index is 11.3. The Balaban J connectivity index is 4.01. The summed E-state index contributed by atoms with van der Waals surface area (Å²) in [5, 5.41) is 13.7. The summed E-state index contributed by atoms with van der Waals surface area (Å²) < 4.78 is 0. The zero-order valence-corrected chi connectivity index (χ0v) is 9.79. The summed E-state index contributed by atoms with van der Waals surface area (Å²) in [5.74, 6) is -1.77. The minimum Gasteiger partial charge on any atom is -0.481 e. The third-order valence-electron chi connectivity index (χ3n) is 2.00. The molecule has 6 heteroatoms. The number of rotatable bonds is 6. The molecule has 0 fully saturated rings. The molecule has 0 aliphatic heterocycles. The molecule has 0 aromatic carbocycles. The SMILES string of the molecule is CCNC(=O)CNC(=O)CC(C)(C)C(=O)O. The van der Waals surface area contributed by atoms with Gasteiger partial charge in [0.2, 0.25) is 11.8 Å². The highest BCUT2D eigenvalue weighted by molar-refractivity contribution is 5.87. The first-order valence-electron chi connectivity index (χ1n) is 5.06. The van der Waals surface area contributed by atoms with E-state index in [1.54, 1.807) is 6.92 Å². The topological polar surface area (TPSA) is 95.5 Å². The molecule has 0 unspecified atom stereocenters. The van der Waals surface area contributed by atoms with E-state index in [0.717, 1.165) is 0 Å². The van der Waals surface area contributed by atoms with Crippen LogP contribution in [0.25, 0.3) is 0 Å². The number of likely N-dealkylation sites (N-methyl/N-ethyl adjacent to an activating group) is 1. The van der Waals surface area contributed by atoms with Crippen LogP contribution in [0.4, 0.5) is 0 Å². The fourth-order valence-corrected chi connectivity index (χ4v) is 0.978. The van der Waals surface area contributed by atoms with Gasteiger partial charge in [-0.2, -0.15) is 0 Å². The average molecular weight is 230 g/mol. The Morgan fingerprint density at radius 2 is 1.69 bits per heavy atom. The minimum atomic E-state index is -1.12. The molecule has 0 aromatic heterocycles. The number of hydrogen-bond donors (Lipinski definition) is 3. The van der Waals surface area contributed by atoms with E-state index in [9.17, 15) is 14.4 Å². The van der Waals surface area contributed by atoms with Gasteiger partial charge in [-0.1, -0.05) is 0 Å². The Morgan fingerprint density at radius 3 is 2.12 bits per heavy atom. The summed E-state index contributed by atoms with van der Waals surface area (Å²) in [6.07, 6.45) is -0.151. The van der Waals surface area contributed by atoms with E-state index in [1.165, 1.54) is 13.8 Å². The van der Waals surface area contributed by atoms with Gasteiger partial charge in [-0.3, -0.25) is 14.4 Å². The van der Waals surface area contributed by atoms with Gasteiger partial charge in [0.05, 0.1) is 12.0 Å². The second kappa shape index (κ2) is 6.09. The number of carboxylic acids is 1. The number of aliphatic carboxylic acids is 1. The van der Waals surface area contributed by atoms with Crippen molar-refractivity contribution in [3.05, 3.63) is 0 Å². The molecule has 0 rings (SSSR count). The van der Waals surface area contributed by atoms with Crippen molar-refractivity contribution in [2.75, 3.05) is 13.1 Å². The fraction of sp³-hybridized carbons (Fsp3) is 0.700. The minimum absolute atomic E-state index is 0.123. The van der Waals surface area contributed by atoms with Crippen molar-refractivity contribution >= 4 is 17.8 Å². The molecule has 0 bridgehead atoms. The molecule has 16 heavy (non-hydrogen) atoms. The molecule has 0 atom stereocenters. The standard InChI is InChI=1S/C10H18N2O4/c1-4-11-8(14)6-12-7(13)5-10(2,3)9(15)16/h4-6H2,1-3H3,(H,11,14)(H,12,13)(H,15,16). The van der Waals surface area contributed by atoms with Gasteiger partial charge in [0.25, 0.3) is 0 Å². The molecular weight excluding hydrogens is 212 g/mol. The number of carbonyl (C=O) groups is 3. The molecule has 0 spiro atoms. The van der Waals surface area contributed by atoms with Crippen molar-refractivity contribution in [2.45, 2.75) is 27.2 Å². The Labute approximate surface area is 94.4 Å². The van der Waals surface area contributed by atoms with Crippen LogP contribution in [0.15, 0.2) is 0 Å². The van der Waals surface area contributed by atoms with Gasteiger partial charge in [0, 0.05) is 13.0 Å². The number of amides is 2.